The number of nitrogens with one attached hydrogen (secondary N) is 2. The second kappa shape index (κ2) is 8.25. The molecule has 3 rings (SSSR count). The van der Waals surface area contributed by atoms with E-state index in [0.717, 1.165) is 27.3 Å². The van der Waals surface area contributed by atoms with Crippen molar-refractivity contribution in [3.05, 3.63) is 87.4 Å². The van der Waals surface area contributed by atoms with Gasteiger partial charge in [0.15, 0.2) is 0 Å². The molecule has 134 valence electrons. The van der Waals surface area contributed by atoms with E-state index in [4.69, 9.17) is 0 Å². The first kappa shape index (κ1) is 18.3. The molecule has 5 heteroatoms. The molecule has 1 amide bonds. The Hall–Kier alpha value is -2.50. The average molecular weight is 368 g/mol. The molecule has 3 nitrogen and oxygen atoms in total. The predicted molar refractivity (Wildman–Crippen MR) is 105 cm³/mol. The Balaban J connectivity index is 1.70. The van der Waals surface area contributed by atoms with Gasteiger partial charge < -0.3 is 5.32 Å². The maximum atomic E-state index is 13.2. The van der Waals surface area contributed by atoms with Crippen LogP contribution in [0.1, 0.15) is 27.6 Å². The largest absolute Gasteiger partial charge is 0.325 e. The van der Waals surface area contributed by atoms with Crippen molar-refractivity contribution in [1.82, 2.24) is 5.32 Å². The smallest absolute Gasteiger partial charge is 0.238 e. The molecule has 0 spiro atoms. The number of halogens is 1. The highest BCUT2D eigenvalue weighted by Gasteiger charge is 2.16. The first-order chi connectivity index (χ1) is 12.5. The van der Waals surface area contributed by atoms with Crippen LogP contribution in [-0.2, 0) is 4.79 Å². The van der Waals surface area contributed by atoms with Gasteiger partial charge in [-0.1, -0.05) is 30.3 Å². The normalized spacial score (nSPS) is 12.0. The number of carbonyl (C=O) groups excluding carboxylic acids is 1. The first-order valence-electron chi connectivity index (χ1n) is 8.43. The van der Waals surface area contributed by atoms with E-state index in [1.807, 2.05) is 49.6 Å². The average Bonchev–Trinajstić information content (AvgIpc) is 3.15. The number of benzene rings is 2. The van der Waals surface area contributed by atoms with Crippen molar-refractivity contribution in [2.24, 2.45) is 0 Å². The Bertz CT molecular complexity index is 876. The minimum Gasteiger partial charge on any atom is -0.325 e. The van der Waals surface area contributed by atoms with Gasteiger partial charge in [-0.25, -0.2) is 4.39 Å². The predicted octanol–water partition coefficient (Wildman–Crippen LogP) is 4.82. The summed E-state index contributed by atoms with van der Waals surface area (Å²) in [5.41, 5.74) is 3.95. The fourth-order valence-electron chi connectivity index (χ4n) is 2.77. The molecule has 0 saturated heterocycles. The molecule has 0 fully saturated rings. The van der Waals surface area contributed by atoms with Gasteiger partial charge >= 0.3 is 0 Å². The lowest BCUT2D eigenvalue weighted by atomic mass is 10.1. The van der Waals surface area contributed by atoms with E-state index in [1.54, 1.807) is 23.5 Å². The number of rotatable bonds is 6. The lowest BCUT2D eigenvalue weighted by molar-refractivity contribution is -0.115. The van der Waals surface area contributed by atoms with Crippen LogP contribution in [0.5, 0.6) is 0 Å². The zero-order valence-corrected chi connectivity index (χ0v) is 15.6. The van der Waals surface area contributed by atoms with E-state index in [-0.39, 0.29) is 24.3 Å². The van der Waals surface area contributed by atoms with Crippen molar-refractivity contribution in [2.75, 3.05) is 11.9 Å². The van der Waals surface area contributed by atoms with Crippen LogP contribution in [0.25, 0.3) is 0 Å². The summed E-state index contributed by atoms with van der Waals surface area (Å²) >= 11 is 1.60. The molecule has 0 aliphatic heterocycles. The van der Waals surface area contributed by atoms with Gasteiger partial charge in [0.05, 0.1) is 12.6 Å². The number of hydrogen-bond acceptors (Lipinski definition) is 3. The molecule has 1 aromatic heterocycles. The minimum absolute atomic E-state index is 0.109. The van der Waals surface area contributed by atoms with Crippen molar-refractivity contribution in [3.63, 3.8) is 0 Å². The van der Waals surface area contributed by atoms with Crippen molar-refractivity contribution in [2.45, 2.75) is 19.9 Å². The summed E-state index contributed by atoms with van der Waals surface area (Å²) in [4.78, 5) is 13.5. The van der Waals surface area contributed by atoms with Crippen molar-refractivity contribution in [3.8, 4) is 0 Å². The Labute approximate surface area is 156 Å². The third-order valence-electron chi connectivity index (χ3n) is 4.38. The molecular formula is C21H21FN2OS. The van der Waals surface area contributed by atoms with Crippen molar-refractivity contribution in [1.29, 1.82) is 0 Å². The maximum Gasteiger partial charge on any atom is 0.238 e. The van der Waals surface area contributed by atoms with Crippen LogP contribution >= 0.6 is 11.3 Å². The second-order valence-corrected chi connectivity index (χ2v) is 7.16. The summed E-state index contributed by atoms with van der Waals surface area (Å²) in [5.74, 6) is -0.381. The summed E-state index contributed by atoms with van der Waals surface area (Å²) in [6.07, 6.45) is 0. The van der Waals surface area contributed by atoms with E-state index in [0.29, 0.717) is 0 Å². The summed E-state index contributed by atoms with van der Waals surface area (Å²) < 4.78 is 13.2. The van der Waals surface area contributed by atoms with Crippen molar-refractivity contribution < 1.29 is 9.18 Å². The summed E-state index contributed by atoms with van der Waals surface area (Å²) in [6.45, 7) is 4.17. The molecule has 0 bridgehead atoms. The minimum atomic E-state index is -0.272. The number of amides is 1. The van der Waals surface area contributed by atoms with Crippen molar-refractivity contribution >= 4 is 22.9 Å². The van der Waals surface area contributed by atoms with Crippen LogP contribution in [0.3, 0.4) is 0 Å². The number of hydrogen-bond donors (Lipinski definition) is 2. The van der Waals surface area contributed by atoms with Gasteiger partial charge in [-0.3, -0.25) is 10.1 Å². The monoisotopic (exact) mass is 368 g/mol. The van der Waals surface area contributed by atoms with Crippen LogP contribution < -0.4 is 10.6 Å². The zero-order chi connectivity index (χ0) is 18.5. The Morgan fingerprint density at radius 1 is 1.08 bits per heavy atom. The van der Waals surface area contributed by atoms with E-state index >= 15 is 0 Å². The van der Waals surface area contributed by atoms with E-state index in [2.05, 4.69) is 10.6 Å². The highest BCUT2D eigenvalue weighted by molar-refractivity contribution is 7.10. The summed E-state index contributed by atoms with van der Waals surface area (Å²) in [6, 6.07) is 16.0. The molecule has 2 aromatic carbocycles. The van der Waals surface area contributed by atoms with E-state index in [1.165, 1.54) is 12.1 Å². The number of carbonyl (C=O) groups is 1. The fraction of sp³-hybridized carbons (Fsp3) is 0.190. The maximum absolute atomic E-state index is 13.2. The molecule has 0 saturated carbocycles. The Morgan fingerprint density at radius 3 is 2.54 bits per heavy atom. The summed E-state index contributed by atoms with van der Waals surface area (Å²) in [7, 11) is 0. The molecule has 0 radical (unpaired) electrons. The molecule has 1 atom stereocenters. The molecule has 26 heavy (non-hydrogen) atoms. The molecule has 1 heterocycles. The Morgan fingerprint density at radius 2 is 1.85 bits per heavy atom. The van der Waals surface area contributed by atoms with Gasteiger partial charge in [0.1, 0.15) is 5.82 Å². The summed E-state index contributed by atoms with van der Waals surface area (Å²) in [5, 5.41) is 8.23. The highest BCUT2D eigenvalue weighted by atomic mass is 32.1. The SMILES string of the molecule is Cc1cccc(NC(=O)CN[C@@H](c2ccc(F)cc2)c2cccs2)c1C. The molecule has 2 N–H and O–H groups in total. The lowest BCUT2D eigenvalue weighted by Gasteiger charge is -2.18. The third kappa shape index (κ3) is 4.36. The van der Waals surface area contributed by atoms with Gasteiger partial charge in [0.25, 0.3) is 0 Å². The fourth-order valence-corrected chi connectivity index (χ4v) is 3.60. The third-order valence-corrected chi connectivity index (χ3v) is 5.31. The van der Waals surface area contributed by atoms with Crippen LogP contribution in [0.4, 0.5) is 10.1 Å². The van der Waals surface area contributed by atoms with Gasteiger partial charge in [-0.05, 0) is 60.2 Å². The number of anilines is 1. The second-order valence-electron chi connectivity index (χ2n) is 6.18. The van der Waals surface area contributed by atoms with E-state index in [9.17, 15) is 9.18 Å². The van der Waals surface area contributed by atoms with Gasteiger partial charge in [-0.2, -0.15) is 0 Å². The van der Waals surface area contributed by atoms with Gasteiger partial charge in [-0.15, -0.1) is 11.3 Å². The topological polar surface area (TPSA) is 41.1 Å². The van der Waals surface area contributed by atoms with Crippen LogP contribution in [0.15, 0.2) is 60.0 Å². The first-order valence-corrected chi connectivity index (χ1v) is 9.31. The van der Waals surface area contributed by atoms with Crippen LogP contribution in [-0.4, -0.2) is 12.5 Å². The quantitative estimate of drug-likeness (QED) is 0.655. The number of thiophene rings is 1. The highest BCUT2D eigenvalue weighted by Crippen LogP contribution is 2.26. The molecule has 0 aliphatic rings. The molecular weight excluding hydrogens is 347 g/mol. The van der Waals surface area contributed by atoms with Gasteiger partial charge in [0, 0.05) is 10.6 Å². The van der Waals surface area contributed by atoms with Crippen LogP contribution in [0.2, 0.25) is 0 Å². The Kier molecular flexibility index (Phi) is 5.81. The van der Waals surface area contributed by atoms with E-state index < -0.39 is 0 Å². The van der Waals surface area contributed by atoms with Crippen LogP contribution in [0, 0.1) is 19.7 Å². The lowest BCUT2D eigenvalue weighted by Crippen LogP contribution is -2.31. The molecule has 3 aromatic rings. The number of aryl methyl sites for hydroxylation is 1. The van der Waals surface area contributed by atoms with Gasteiger partial charge in [0.2, 0.25) is 5.91 Å². The molecule has 0 aliphatic carbocycles. The molecule has 0 unspecified atom stereocenters. The zero-order valence-electron chi connectivity index (χ0n) is 14.8. The standard InChI is InChI=1S/C21H21FN2OS/c1-14-5-3-6-18(15(14)2)24-20(25)13-23-21(19-7-4-12-26-19)16-8-10-17(22)11-9-16/h3-12,21,23H,13H2,1-2H3,(H,24,25)/t21-/m0/s1.